The molecule has 1 heterocycles. The first-order chi connectivity index (χ1) is 13.5. The molecule has 3 aromatic rings. The number of aliphatic hydroxyl groups is 1. The van der Waals surface area contributed by atoms with Gasteiger partial charge in [-0.25, -0.2) is 0 Å². The highest BCUT2D eigenvalue weighted by molar-refractivity contribution is 7.99. The van der Waals surface area contributed by atoms with E-state index in [1.54, 1.807) is 7.11 Å². The minimum Gasteiger partial charge on any atom is -0.497 e. The Bertz CT molecular complexity index is 905. The summed E-state index contributed by atoms with van der Waals surface area (Å²) in [6, 6.07) is 13.7. The Balaban J connectivity index is 1.58. The van der Waals surface area contributed by atoms with Crippen molar-refractivity contribution in [3.63, 3.8) is 0 Å². The van der Waals surface area contributed by atoms with Crippen LogP contribution in [0.1, 0.15) is 11.1 Å². The van der Waals surface area contributed by atoms with Gasteiger partial charge in [-0.05, 0) is 49.2 Å². The van der Waals surface area contributed by atoms with Crippen molar-refractivity contribution < 1.29 is 14.6 Å². The first-order valence-corrected chi connectivity index (χ1v) is 10.0. The van der Waals surface area contributed by atoms with Crippen molar-refractivity contribution >= 4 is 11.8 Å². The maximum Gasteiger partial charge on any atom is 0.191 e. The molecular formula is C21H25N3O3S. The topological polar surface area (TPSA) is 69.4 Å². The Morgan fingerprint density at radius 3 is 2.39 bits per heavy atom. The molecule has 28 heavy (non-hydrogen) atoms. The molecule has 0 saturated carbocycles. The SMILES string of the molecule is COc1ccc(-c2nnc(SC[C@@H](O)COc3c(C)cccc3C)n2C)cc1. The van der Waals surface area contributed by atoms with Crippen LogP contribution >= 0.6 is 11.8 Å². The van der Waals surface area contributed by atoms with E-state index in [-0.39, 0.29) is 6.61 Å². The van der Waals surface area contributed by atoms with E-state index in [1.165, 1.54) is 11.8 Å². The predicted molar refractivity (Wildman–Crippen MR) is 111 cm³/mol. The predicted octanol–water partition coefficient (Wildman–Crippen LogP) is 3.64. The average Bonchev–Trinajstić information content (AvgIpc) is 3.06. The number of hydrogen-bond donors (Lipinski definition) is 1. The fourth-order valence-electron chi connectivity index (χ4n) is 2.86. The van der Waals surface area contributed by atoms with E-state index in [1.807, 2.05) is 67.9 Å². The Kier molecular flexibility index (Phi) is 6.59. The van der Waals surface area contributed by atoms with Crippen molar-refractivity contribution in [3.05, 3.63) is 53.6 Å². The highest BCUT2D eigenvalue weighted by Crippen LogP contribution is 2.26. The van der Waals surface area contributed by atoms with E-state index in [4.69, 9.17) is 9.47 Å². The Morgan fingerprint density at radius 1 is 1.07 bits per heavy atom. The van der Waals surface area contributed by atoms with E-state index < -0.39 is 6.10 Å². The molecule has 3 rings (SSSR count). The fourth-order valence-corrected chi connectivity index (χ4v) is 3.67. The smallest absolute Gasteiger partial charge is 0.191 e. The van der Waals surface area contributed by atoms with Crippen LogP contribution in [0.2, 0.25) is 0 Å². The zero-order valence-corrected chi connectivity index (χ0v) is 17.4. The molecule has 2 aromatic carbocycles. The summed E-state index contributed by atoms with van der Waals surface area (Å²) in [5.74, 6) is 2.88. The number of rotatable bonds is 8. The van der Waals surface area contributed by atoms with E-state index >= 15 is 0 Å². The monoisotopic (exact) mass is 399 g/mol. The molecule has 148 valence electrons. The van der Waals surface area contributed by atoms with Gasteiger partial charge < -0.3 is 19.1 Å². The lowest BCUT2D eigenvalue weighted by atomic mass is 10.1. The van der Waals surface area contributed by atoms with Crippen LogP contribution in [0, 0.1) is 13.8 Å². The summed E-state index contributed by atoms with van der Waals surface area (Å²) in [6.07, 6.45) is -0.606. The molecule has 1 aromatic heterocycles. The van der Waals surface area contributed by atoms with Crippen LogP contribution in [0.15, 0.2) is 47.6 Å². The summed E-state index contributed by atoms with van der Waals surface area (Å²) in [5, 5.41) is 19.6. The summed E-state index contributed by atoms with van der Waals surface area (Å²) in [5.41, 5.74) is 3.09. The molecule has 0 unspecified atom stereocenters. The number of thioether (sulfide) groups is 1. The molecule has 0 amide bonds. The van der Waals surface area contributed by atoms with Gasteiger partial charge in [0.15, 0.2) is 11.0 Å². The molecule has 0 aliphatic carbocycles. The number of ether oxygens (including phenoxy) is 2. The molecular weight excluding hydrogens is 374 g/mol. The third-order valence-corrected chi connectivity index (χ3v) is 5.58. The van der Waals surface area contributed by atoms with E-state index in [2.05, 4.69) is 10.2 Å². The maximum absolute atomic E-state index is 10.3. The summed E-state index contributed by atoms with van der Waals surface area (Å²) < 4.78 is 12.9. The van der Waals surface area contributed by atoms with E-state index in [9.17, 15) is 5.11 Å². The standard InChI is InChI=1S/C21H25N3O3S/c1-14-6-5-7-15(2)19(14)27-12-17(25)13-28-21-23-22-20(24(21)3)16-8-10-18(26-4)11-9-16/h5-11,17,25H,12-13H2,1-4H3/t17-/m0/s1. The van der Waals surface area contributed by atoms with Crippen LogP contribution in [-0.2, 0) is 7.05 Å². The number of hydrogen-bond acceptors (Lipinski definition) is 6. The van der Waals surface area contributed by atoms with Crippen LogP contribution in [0.3, 0.4) is 0 Å². The molecule has 7 heteroatoms. The van der Waals surface area contributed by atoms with Gasteiger partial charge in [0, 0.05) is 18.4 Å². The highest BCUT2D eigenvalue weighted by Gasteiger charge is 2.14. The van der Waals surface area contributed by atoms with Crippen molar-refractivity contribution in [2.24, 2.45) is 7.05 Å². The molecule has 0 aliphatic rings. The maximum atomic E-state index is 10.3. The van der Waals surface area contributed by atoms with E-state index in [0.29, 0.717) is 5.75 Å². The van der Waals surface area contributed by atoms with Crippen molar-refractivity contribution in [1.29, 1.82) is 0 Å². The van der Waals surface area contributed by atoms with Gasteiger partial charge in [-0.2, -0.15) is 0 Å². The normalized spacial score (nSPS) is 12.0. The lowest BCUT2D eigenvalue weighted by Crippen LogP contribution is -2.21. The van der Waals surface area contributed by atoms with Crippen LogP contribution in [0.5, 0.6) is 11.5 Å². The zero-order chi connectivity index (χ0) is 20.1. The summed E-state index contributed by atoms with van der Waals surface area (Å²) in [4.78, 5) is 0. The Labute approximate surface area is 169 Å². The molecule has 1 N–H and O–H groups in total. The minimum absolute atomic E-state index is 0.238. The molecule has 0 spiro atoms. The summed E-state index contributed by atoms with van der Waals surface area (Å²) in [7, 11) is 3.56. The summed E-state index contributed by atoms with van der Waals surface area (Å²) in [6.45, 7) is 4.25. The number of aryl methyl sites for hydroxylation is 2. The number of nitrogens with zero attached hydrogens (tertiary/aromatic N) is 3. The third kappa shape index (κ3) is 4.66. The molecule has 0 radical (unpaired) electrons. The lowest BCUT2D eigenvalue weighted by molar-refractivity contribution is 0.125. The van der Waals surface area contributed by atoms with Crippen LogP contribution in [0.25, 0.3) is 11.4 Å². The van der Waals surface area contributed by atoms with E-state index in [0.717, 1.165) is 39.2 Å². The Hall–Kier alpha value is -2.51. The first-order valence-electron chi connectivity index (χ1n) is 9.03. The number of aliphatic hydroxyl groups excluding tert-OH is 1. The number of para-hydroxylation sites is 1. The van der Waals surface area contributed by atoms with Gasteiger partial charge in [0.25, 0.3) is 0 Å². The summed E-state index contributed by atoms with van der Waals surface area (Å²) >= 11 is 1.46. The quantitative estimate of drug-likeness (QED) is 0.583. The largest absolute Gasteiger partial charge is 0.497 e. The van der Waals surface area contributed by atoms with Gasteiger partial charge in [-0.15, -0.1) is 10.2 Å². The first kappa shape index (κ1) is 20.2. The van der Waals surface area contributed by atoms with Crippen molar-refractivity contribution in [3.8, 4) is 22.9 Å². The third-order valence-electron chi connectivity index (χ3n) is 4.42. The second kappa shape index (κ2) is 9.12. The van der Waals surface area contributed by atoms with Gasteiger partial charge in [-0.1, -0.05) is 30.0 Å². The highest BCUT2D eigenvalue weighted by atomic mass is 32.2. The molecule has 0 saturated heterocycles. The van der Waals surface area contributed by atoms with Gasteiger partial charge in [0.1, 0.15) is 18.1 Å². The van der Waals surface area contributed by atoms with Crippen molar-refractivity contribution in [2.75, 3.05) is 19.5 Å². The zero-order valence-electron chi connectivity index (χ0n) is 16.5. The number of methoxy groups -OCH3 is 1. The minimum atomic E-state index is -0.606. The average molecular weight is 400 g/mol. The molecule has 0 aliphatic heterocycles. The lowest BCUT2D eigenvalue weighted by Gasteiger charge is -2.15. The van der Waals surface area contributed by atoms with Crippen LogP contribution in [0.4, 0.5) is 0 Å². The molecule has 6 nitrogen and oxygen atoms in total. The van der Waals surface area contributed by atoms with Gasteiger partial charge in [0.05, 0.1) is 13.2 Å². The van der Waals surface area contributed by atoms with Crippen LogP contribution in [-0.4, -0.2) is 45.4 Å². The van der Waals surface area contributed by atoms with Crippen molar-refractivity contribution in [1.82, 2.24) is 14.8 Å². The number of benzene rings is 2. The van der Waals surface area contributed by atoms with Crippen LogP contribution < -0.4 is 9.47 Å². The van der Waals surface area contributed by atoms with Gasteiger partial charge >= 0.3 is 0 Å². The van der Waals surface area contributed by atoms with Crippen molar-refractivity contribution in [2.45, 2.75) is 25.1 Å². The van der Waals surface area contributed by atoms with Gasteiger partial charge in [-0.3, -0.25) is 0 Å². The van der Waals surface area contributed by atoms with Gasteiger partial charge in [0.2, 0.25) is 0 Å². The number of aromatic nitrogens is 3. The second-order valence-corrected chi connectivity index (χ2v) is 7.58. The second-order valence-electron chi connectivity index (χ2n) is 6.59. The molecule has 1 atom stereocenters. The fraction of sp³-hybridized carbons (Fsp3) is 0.333. The Morgan fingerprint density at radius 2 is 1.75 bits per heavy atom. The molecule has 0 fully saturated rings. The molecule has 0 bridgehead atoms.